The molecule has 0 saturated heterocycles. The first-order valence-corrected chi connectivity index (χ1v) is 13.7. The summed E-state index contributed by atoms with van der Waals surface area (Å²) in [7, 11) is 0. The van der Waals surface area contributed by atoms with Crippen molar-refractivity contribution >= 4 is 0 Å². The van der Waals surface area contributed by atoms with Gasteiger partial charge in [-0.1, -0.05) is 72.8 Å². The highest BCUT2D eigenvalue weighted by atomic mass is 16.5. The summed E-state index contributed by atoms with van der Waals surface area (Å²) < 4.78 is 12.9. The third-order valence-corrected chi connectivity index (χ3v) is 8.05. The van der Waals surface area contributed by atoms with Gasteiger partial charge in [-0.05, 0) is 86.1 Å². The third-order valence-electron chi connectivity index (χ3n) is 8.05. The molecule has 1 aliphatic carbocycles. The smallest absolute Gasteiger partial charge is 0.127 e. The summed E-state index contributed by atoms with van der Waals surface area (Å²) in [4.78, 5) is 0. The van der Waals surface area contributed by atoms with E-state index in [2.05, 4.69) is 100 Å². The number of aliphatic hydroxyl groups excluding tert-OH is 2. The van der Waals surface area contributed by atoms with Crippen LogP contribution in [-0.4, -0.2) is 35.6 Å². The van der Waals surface area contributed by atoms with Crippen molar-refractivity contribution in [3.8, 4) is 22.6 Å². The molecule has 0 saturated carbocycles. The zero-order valence-electron chi connectivity index (χ0n) is 23.7. The fourth-order valence-corrected chi connectivity index (χ4v) is 5.91. The van der Waals surface area contributed by atoms with Gasteiger partial charge in [0, 0.05) is 11.1 Å². The molecule has 39 heavy (non-hydrogen) atoms. The van der Waals surface area contributed by atoms with E-state index in [9.17, 15) is 10.2 Å². The number of aryl methyl sites for hydroxylation is 2. The summed E-state index contributed by atoms with van der Waals surface area (Å²) >= 11 is 0. The maximum Gasteiger partial charge on any atom is 0.127 e. The van der Waals surface area contributed by atoms with Crippen LogP contribution in [0.5, 0.6) is 11.5 Å². The highest BCUT2D eigenvalue weighted by molar-refractivity contribution is 5.88. The molecule has 0 aliphatic heterocycles. The molecule has 0 radical (unpaired) electrons. The SMILES string of the molecule is Cc1ccc(C2(c3ccc(C)c(C)c3OCC(C)O)c3ccccc3-c3ccccc32)c(OCC(C)O)c1C. The minimum atomic E-state index is -0.744. The Morgan fingerprint density at radius 3 is 1.33 bits per heavy atom. The summed E-state index contributed by atoms with van der Waals surface area (Å²) in [5, 5.41) is 20.4. The van der Waals surface area contributed by atoms with Crippen LogP contribution >= 0.6 is 0 Å². The molecule has 2 N–H and O–H groups in total. The van der Waals surface area contributed by atoms with E-state index in [0.717, 1.165) is 56.0 Å². The van der Waals surface area contributed by atoms with E-state index in [1.165, 1.54) is 11.1 Å². The molecule has 0 bridgehead atoms. The van der Waals surface area contributed by atoms with Gasteiger partial charge in [0.1, 0.15) is 24.7 Å². The van der Waals surface area contributed by atoms with Crippen molar-refractivity contribution < 1.29 is 19.7 Å². The molecule has 4 nitrogen and oxygen atoms in total. The van der Waals surface area contributed by atoms with Crippen LogP contribution in [0.2, 0.25) is 0 Å². The molecule has 0 amide bonds. The lowest BCUT2D eigenvalue weighted by Gasteiger charge is -2.37. The summed E-state index contributed by atoms with van der Waals surface area (Å²) in [6.45, 7) is 12.2. The molecular formula is C35H38O4. The summed E-state index contributed by atoms with van der Waals surface area (Å²) in [5.74, 6) is 1.56. The minimum Gasteiger partial charge on any atom is -0.490 e. The van der Waals surface area contributed by atoms with E-state index in [4.69, 9.17) is 9.47 Å². The van der Waals surface area contributed by atoms with Gasteiger partial charge < -0.3 is 19.7 Å². The monoisotopic (exact) mass is 522 g/mol. The number of aliphatic hydroxyl groups is 2. The predicted octanol–water partition coefficient (Wildman–Crippen LogP) is 6.80. The molecule has 4 aromatic carbocycles. The van der Waals surface area contributed by atoms with Gasteiger partial charge in [0.05, 0.1) is 17.6 Å². The van der Waals surface area contributed by atoms with Crippen molar-refractivity contribution in [2.45, 2.75) is 59.2 Å². The summed E-state index contributed by atoms with van der Waals surface area (Å²) in [6.07, 6.45) is -1.22. The Morgan fingerprint density at radius 1 is 0.564 bits per heavy atom. The largest absolute Gasteiger partial charge is 0.490 e. The van der Waals surface area contributed by atoms with E-state index >= 15 is 0 Å². The first-order chi connectivity index (χ1) is 18.7. The summed E-state index contributed by atoms with van der Waals surface area (Å²) in [5.41, 5.74) is 10.3. The first-order valence-electron chi connectivity index (χ1n) is 13.7. The van der Waals surface area contributed by atoms with E-state index in [1.807, 2.05) is 0 Å². The van der Waals surface area contributed by atoms with Crippen molar-refractivity contribution in [2.24, 2.45) is 0 Å². The van der Waals surface area contributed by atoms with Gasteiger partial charge in [0.25, 0.3) is 0 Å². The fraction of sp³-hybridized carbons (Fsp3) is 0.314. The predicted molar refractivity (Wildman–Crippen MR) is 157 cm³/mol. The number of rotatable bonds is 8. The van der Waals surface area contributed by atoms with Crippen molar-refractivity contribution in [1.29, 1.82) is 0 Å². The number of hydrogen-bond donors (Lipinski definition) is 2. The van der Waals surface area contributed by atoms with Crippen molar-refractivity contribution in [2.75, 3.05) is 13.2 Å². The first kappa shape index (κ1) is 27.0. The highest BCUT2D eigenvalue weighted by Gasteiger charge is 2.49. The van der Waals surface area contributed by atoms with Crippen molar-refractivity contribution in [3.63, 3.8) is 0 Å². The van der Waals surface area contributed by atoms with Crippen LogP contribution < -0.4 is 9.47 Å². The van der Waals surface area contributed by atoms with Crippen LogP contribution in [-0.2, 0) is 5.41 Å². The number of benzene rings is 4. The minimum absolute atomic E-state index is 0.189. The van der Waals surface area contributed by atoms with Crippen molar-refractivity contribution in [3.05, 3.63) is 117 Å². The van der Waals surface area contributed by atoms with Gasteiger partial charge >= 0.3 is 0 Å². The second kappa shape index (κ2) is 10.5. The molecule has 2 unspecified atom stereocenters. The Morgan fingerprint density at radius 2 is 0.949 bits per heavy atom. The molecule has 2 atom stereocenters. The molecule has 0 heterocycles. The fourth-order valence-electron chi connectivity index (χ4n) is 5.91. The molecule has 0 aromatic heterocycles. The lowest BCUT2D eigenvalue weighted by molar-refractivity contribution is 0.120. The molecule has 4 heteroatoms. The summed E-state index contributed by atoms with van der Waals surface area (Å²) in [6, 6.07) is 25.8. The normalized spacial score (nSPS) is 14.9. The second-order valence-electron chi connectivity index (χ2n) is 10.9. The van der Waals surface area contributed by atoms with Gasteiger partial charge in [0.2, 0.25) is 0 Å². The lowest BCUT2D eigenvalue weighted by Crippen LogP contribution is -2.31. The van der Waals surface area contributed by atoms with E-state index in [-0.39, 0.29) is 13.2 Å². The second-order valence-corrected chi connectivity index (χ2v) is 10.9. The zero-order chi connectivity index (χ0) is 27.9. The van der Waals surface area contributed by atoms with Crippen LogP contribution in [0.1, 0.15) is 58.4 Å². The van der Waals surface area contributed by atoms with Gasteiger partial charge in [-0.25, -0.2) is 0 Å². The van der Waals surface area contributed by atoms with Crippen LogP contribution in [0.25, 0.3) is 11.1 Å². The number of hydrogen-bond acceptors (Lipinski definition) is 4. The number of ether oxygens (including phenoxy) is 2. The average Bonchev–Trinajstić information content (AvgIpc) is 3.21. The van der Waals surface area contributed by atoms with Crippen LogP contribution in [0.3, 0.4) is 0 Å². The standard InChI is InChI=1S/C35H38O4/c1-21-15-17-31(33(25(21)5)38-19-23(3)36)35(32-18-16-22(2)26(6)34(32)39-20-24(4)37)29-13-9-7-11-27(29)28-12-8-10-14-30(28)35/h7-18,23-24,36-37H,19-20H2,1-6H3. The Hall–Kier alpha value is -3.60. The zero-order valence-corrected chi connectivity index (χ0v) is 23.7. The van der Waals surface area contributed by atoms with Gasteiger partial charge in [-0.2, -0.15) is 0 Å². The van der Waals surface area contributed by atoms with E-state index in [1.54, 1.807) is 13.8 Å². The Balaban J connectivity index is 1.96. The molecular weight excluding hydrogens is 484 g/mol. The average molecular weight is 523 g/mol. The van der Waals surface area contributed by atoms with Gasteiger partial charge in [-0.3, -0.25) is 0 Å². The highest BCUT2D eigenvalue weighted by Crippen LogP contribution is 2.60. The Kier molecular flexibility index (Phi) is 7.28. The van der Waals surface area contributed by atoms with E-state index < -0.39 is 17.6 Å². The van der Waals surface area contributed by atoms with Gasteiger partial charge in [0.15, 0.2) is 0 Å². The molecule has 4 aromatic rings. The van der Waals surface area contributed by atoms with Crippen LogP contribution in [0, 0.1) is 27.7 Å². The van der Waals surface area contributed by atoms with Crippen LogP contribution in [0.15, 0.2) is 72.8 Å². The maximum atomic E-state index is 10.2. The maximum absolute atomic E-state index is 10.2. The molecule has 5 rings (SSSR count). The lowest BCUT2D eigenvalue weighted by atomic mass is 9.66. The van der Waals surface area contributed by atoms with Crippen molar-refractivity contribution in [1.82, 2.24) is 0 Å². The Labute approximate surface area is 231 Å². The molecule has 0 fully saturated rings. The topological polar surface area (TPSA) is 58.9 Å². The quantitative estimate of drug-likeness (QED) is 0.235. The van der Waals surface area contributed by atoms with Crippen LogP contribution in [0.4, 0.5) is 0 Å². The van der Waals surface area contributed by atoms with Gasteiger partial charge in [-0.15, -0.1) is 0 Å². The molecule has 202 valence electrons. The van der Waals surface area contributed by atoms with E-state index in [0.29, 0.717) is 0 Å². The third kappa shape index (κ3) is 4.42. The Bertz CT molecular complexity index is 1400. The molecule has 0 spiro atoms. The molecule has 1 aliphatic rings. The number of fused-ring (bicyclic) bond motifs is 3.